The summed E-state index contributed by atoms with van der Waals surface area (Å²) in [5.74, 6) is 0.562. The molecule has 0 spiro atoms. The molecule has 3 rings (SSSR count). The van der Waals surface area contributed by atoms with Crippen LogP contribution in [-0.4, -0.2) is 12.0 Å². The number of hydrazine groups is 1. The summed E-state index contributed by atoms with van der Waals surface area (Å²) < 4.78 is 0. The first-order chi connectivity index (χ1) is 7.75. The zero-order valence-electron chi connectivity index (χ0n) is 8.84. The van der Waals surface area contributed by atoms with Crippen molar-refractivity contribution in [1.29, 1.82) is 0 Å². The summed E-state index contributed by atoms with van der Waals surface area (Å²) in [5.41, 5.74) is 11.5. The van der Waals surface area contributed by atoms with E-state index < -0.39 is 0 Å². The Labute approximate surface area is 97.7 Å². The van der Waals surface area contributed by atoms with Crippen LogP contribution in [0.2, 0.25) is 0 Å². The summed E-state index contributed by atoms with van der Waals surface area (Å²) in [6, 6.07) is 6.24. The van der Waals surface area contributed by atoms with Gasteiger partial charge < -0.3 is 10.7 Å². The Bertz CT molecular complexity index is 522. The number of thiophene rings is 1. The van der Waals surface area contributed by atoms with Gasteiger partial charge in [0.1, 0.15) is 5.82 Å². The Balaban J connectivity index is 2.05. The number of aromatic nitrogens is 1. The van der Waals surface area contributed by atoms with Crippen LogP contribution in [0.15, 0.2) is 29.8 Å². The summed E-state index contributed by atoms with van der Waals surface area (Å²) in [6.07, 6.45) is 1.75. The third-order valence-electron chi connectivity index (χ3n) is 2.76. The van der Waals surface area contributed by atoms with E-state index >= 15 is 0 Å². The highest BCUT2D eigenvalue weighted by molar-refractivity contribution is 7.10. The molecule has 1 aliphatic rings. The molecule has 1 aliphatic heterocycles. The molecule has 0 aliphatic carbocycles. The first kappa shape index (κ1) is 9.62. The molecule has 0 radical (unpaired) electrons. The molecule has 5 heteroatoms. The average Bonchev–Trinajstić information content (AvgIpc) is 2.83. The van der Waals surface area contributed by atoms with Crippen LogP contribution in [0.4, 0.5) is 11.5 Å². The molecule has 0 saturated carbocycles. The molecule has 1 unspecified atom stereocenters. The predicted molar refractivity (Wildman–Crippen MR) is 66.4 cm³/mol. The van der Waals surface area contributed by atoms with E-state index in [1.165, 1.54) is 10.6 Å². The van der Waals surface area contributed by atoms with Gasteiger partial charge in [-0.15, -0.1) is 11.3 Å². The SMILES string of the molecule is CN1NC(c2ccnc(N)c2)c2sccc21. The van der Waals surface area contributed by atoms with Gasteiger partial charge in [0.25, 0.3) is 0 Å². The maximum absolute atomic E-state index is 5.71. The molecule has 2 aromatic rings. The van der Waals surface area contributed by atoms with Crippen molar-refractivity contribution in [3.05, 3.63) is 40.2 Å². The number of nitrogens with two attached hydrogens (primary N) is 1. The normalized spacial score (nSPS) is 18.8. The topological polar surface area (TPSA) is 54.2 Å². The summed E-state index contributed by atoms with van der Waals surface area (Å²) in [4.78, 5) is 5.34. The molecule has 16 heavy (non-hydrogen) atoms. The molecule has 4 nitrogen and oxygen atoms in total. The second-order valence-corrected chi connectivity index (χ2v) is 4.75. The van der Waals surface area contributed by atoms with Gasteiger partial charge in [0.05, 0.1) is 16.6 Å². The summed E-state index contributed by atoms with van der Waals surface area (Å²) in [6.45, 7) is 0. The number of hydrogen-bond donors (Lipinski definition) is 2. The second kappa shape index (κ2) is 3.47. The fourth-order valence-electron chi connectivity index (χ4n) is 2.00. The Morgan fingerprint density at radius 2 is 2.38 bits per heavy atom. The molecule has 0 saturated heterocycles. The van der Waals surface area contributed by atoms with Crippen molar-refractivity contribution in [3.8, 4) is 0 Å². The monoisotopic (exact) mass is 232 g/mol. The largest absolute Gasteiger partial charge is 0.384 e. The second-order valence-electron chi connectivity index (χ2n) is 3.81. The van der Waals surface area contributed by atoms with Crippen LogP contribution >= 0.6 is 11.3 Å². The molecular weight excluding hydrogens is 220 g/mol. The van der Waals surface area contributed by atoms with Gasteiger partial charge >= 0.3 is 0 Å². The lowest BCUT2D eigenvalue weighted by Gasteiger charge is -2.15. The number of rotatable bonds is 1. The molecular formula is C11H12N4S. The molecule has 2 aromatic heterocycles. The van der Waals surface area contributed by atoms with E-state index in [0.29, 0.717) is 5.82 Å². The van der Waals surface area contributed by atoms with Crippen molar-refractivity contribution in [3.63, 3.8) is 0 Å². The predicted octanol–water partition coefficient (Wildman–Crippen LogP) is 1.77. The van der Waals surface area contributed by atoms with Gasteiger partial charge in [0.2, 0.25) is 0 Å². The highest BCUT2D eigenvalue weighted by Gasteiger charge is 2.28. The summed E-state index contributed by atoms with van der Waals surface area (Å²) in [7, 11) is 2.02. The summed E-state index contributed by atoms with van der Waals surface area (Å²) >= 11 is 1.76. The first-order valence-electron chi connectivity index (χ1n) is 5.04. The molecule has 0 bridgehead atoms. The molecule has 1 atom stereocenters. The van der Waals surface area contributed by atoms with Crippen LogP contribution in [-0.2, 0) is 0 Å². The van der Waals surface area contributed by atoms with Crippen molar-refractivity contribution < 1.29 is 0 Å². The zero-order chi connectivity index (χ0) is 11.1. The van der Waals surface area contributed by atoms with Crippen molar-refractivity contribution in [2.75, 3.05) is 17.8 Å². The maximum atomic E-state index is 5.71. The van der Waals surface area contributed by atoms with Gasteiger partial charge in [-0.3, -0.25) is 0 Å². The van der Waals surface area contributed by atoms with E-state index in [4.69, 9.17) is 5.73 Å². The quantitative estimate of drug-likeness (QED) is 0.786. The Morgan fingerprint density at radius 3 is 3.19 bits per heavy atom. The lowest BCUT2D eigenvalue weighted by Crippen LogP contribution is -2.30. The van der Waals surface area contributed by atoms with Crippen molar-refractivity contribution in [2.24, 2.45) is 0 Å². The van der Waals surface area contributed by atoms with E-state index in [1.54, 1.807) is 17.5 Å². The smallest absolute Gasteiger partial charge is 0.123 e. The number of nitrogen functional groups attached to an aromatic ring is 1. The molecule has 0 fully saturated rings. The van der Waals surface area contributed by atoms with Crippen LogP contribution < -0.4 is 16.2 Å². The average molecular weight is 232 g/mol. The lowest BCUT2D eigenvalue weighted by atomic mass is 10.1. The molecule has 82 valence electrons. The standard InChI is InChI=1S/C11H12N4S/c1-15-8-3-5-16-11(8)10(14-15)7-2-4-13-9(12)6-7/h2-6,10,14H,1H3,(H2,12,13). The fraction of sp³-hybridized carbons (Fsp3) is 0.182. The summed E-state index contributed by atoms with van der Waals surface area (Å²) in [5, 5.41) is 4.16. The Kier molecular flexibility index (Phi) is 2.08. The minimum absolute atomic E-state index is 0.199. The number of nitrogens with one attached hydrogen (secondary N) is 1. The van der Waals surface area contributed by atoms with Gasteiger partial charge in [-0.25, -0.2) is 10.4 Å². The van der Waals surface area contributed by atoms with Gasteiger partial charge in [-0.1, -0.05) is 0 Å². The third-order valence-corrected chi connectivity index (χ3v) is 3.73. The molecule has 0 aromatic carbocycles. The molecule has 3 heterocycles. The molecule has 3 N–H and O–H groups in total. The van der Waals surface area contributed by atoms with Crippen LogP contribution in [0.1, 0.15) is 16.5 Å². The number of fused-ring (bicyclic) bond motifs is 1. The Hall–Kier alpha value is -1.59. The van der Waals surface area contributed by atoms with Crippen molar-refractivity contribution in [1.82, 2.24) is 10.4 Å². The van der Waals surface area contributed by atoms with E-state index in [9.17, 15) is 0 Å². The third kappa shape index (κ3) is 1.36. The number of anilines is 2. The number of pyridine rings is 1. The molecule has 0 amide bonds. The van der Waals surface area contributed by atoms with Crippen molar-refractivity contribution >= 4 is 22.8 Å². The van der Waals surface area contributed by atoms with Crippen LogP contribution in [0, 0.1) is 0 Å². The van der Waals surface area contributed by atoms with Gasteiger partial charge in [-0.05, 0) is 29.1 Å². The van der Waals surface area contributed by atoms with Crippen LogP contribution in [0.5, 0.6) is 0 Å². The zero-order valence-corrected chi connectivity index (χ0v) is 9.66. The first-order valence-corrected chi connectivity index (χ1v) is 5.92. The minimum Gasteiger partial charge on any atom is -0.384 e. The number of nitrogens with zero attached hydrogens (tertiary/aromatic N) is 2. The van der Waals surface area contributed by atoms with Crippen LogP contribution in [0.25, 0.3) is 0 Å². The highest BCUT2D eigenvalue weighted by Crippen LogP contribution is 2.39. The van der Waals surface area contributed by atoms with E-state index in [0.717, 1.165) is 5.56 Å². The van der Waals surface area contributed by atoms with Crippen LogP contribution in [0.3, 0.4) is 0 Å². The van der Waals surface area contributed by atoms with Gasteiger partial charge in [0.15, 0.2) is 0 Å². The Morgan fingerprint density at radius 1 is 1.50 bits per heavy atom. The van der Waals surface area contributed by atoms with Gasteiger partial charge in [0, 0.05) is 13.2 Å². The van der Waals surface area contributed by atoms with E-state index in [2.05, 4.69) is 21.9 Å². The van der Waals surface area contributed by atoms with Crippen molar-refractivity contribution in [2.45, 2.75) is 6.04 Å². The minimum atomic E-state index is 0.199. The fourth-order valence-corrected chi connectivity index (χ4v) is 2.99. The van der Waals surface area contributed by atoms with Gasteiger partial charge in [-0.2, -0.15) is 0 Å². The maximum Gasteiger partial charge on any atom is 0.123 e. The van der Waals surface area contributed by atoms with E-state index in [1.807, 2.05) is 24.2 Å². The lowest BCUT2D eigenvalue weighted by molar-refractivity contribution is 0.651. The number of hydrogen-bond acceptors (Lipinski definition) is 5. The highest BCUT2D eigenvalue weighted by atomic mass is 32.1. The van der Waals surface area contributed by atoms with E-state index in [-0.39, 0.29) is 6.04 Å².